The summed E-state index contributed by atoms with van der Waals surface area (Å²) in [6, 6.07) is -0.0212. The maximum absolute atomic E-state index is 12.2. The van der Waals surface area contributed by atoms with Crippen molar-refractivity contribution in [3.8, 4) is 0 Å². The van der Waals surface area contributed by atoms with E-state index in [1.165, 1.54) is 13.2 Å². The number of rotatable bonds is 4. The standard InChI is InChI=1S/C14H23NO5/c1-14(2,3)20-13(17)15(11-7-9-19-10-11)8-5-6-12(16)18-4/h5-6,11H,7-10H2,1-4H3/b6-5+/t11-/m1/s1. The van der Waals surface area contributed by atoms with E-state index in [9.17, 15) is 9.59 Å². The quantitative estimate of drug-likeness (QED) is 0.581. The lowest BCUT2D eigenvalue weighted by Crippen LogP contribution is -2.43. The SMILES string of the molecule is COC(=O)/C=C/CN(C(=O)OC(C)(C)C)[C@@H]1CCOC1. The van der Waals surface area contributed by atoms with E-state index in [1.54, 1.807) is 11.0 Å². The van der Waals surface area contributed by atoms with Crippen LogP contribution in [0.3, 0.4) is 0 Å². The van der Waals surface area contributed by atoms with Gasteiger partial charge in [0.2, 0.25) is 0 Å². The molecule has 0 aliphatic carbocycles. The maximum Gasteiger partial charge on any atom is 0.410 e. The zero-order chi connectivity index (χ0) is 15.2. The van der Waals surface area contributed by atoms with E-state index in [0.29, 0.717) is 13.2 Å². The molecule has 1 amide bonds. The van der Waals surface area contributed by atoms with Crippen LogP contribution in [0.5, 0.6) is 0 Å². The van der Waals surface area contributed by atoms with Crippen molar-refractivity contribution in [3.05, 3.63) is 12.2 Å². The average molecular weight is 285 g/mol. The molecule has 6 heteroatoms. The van der Waals surface area contributed by atoms with Gasteiger partial charge in [0, 0.05) is 19.2 Å². The number of amides is 1. The fourth-order valence-electron chi connectivity index (χ4n) is 1.79. The predicted octanol–water partition coefficient (Wildman–Crippen LogP) is 1.74. The van der Waals surface area contributed by atoms with Crippen molar-refractivity contribution < 1.29 is 23.8 Å². The molecule has 0 aromatic rings. The van der Waals surface area contributed by atoms with E-state index in [2.05, 4.69) is 4.74 Å². The molecule has 0 spiro atoms. The van der Waals surface area contributed by atoms with Gasteiger partial charge >= 0.3 is 12.1 Å². The van der Waals surface area contributed by atoms with Crippen molar-refractivity contribution in [1.82, 2.24) is 4.90 Å². The largest absolute Gasteiger partial charge is 0.466 e. The topological polar surface area (TPSA) is 65.1 Å². The summed E-state index contributed by atoms with van der Waals surface area (Å²) in [5, 5.41) is 0. The van der Waals surface area contributed by atoms with Crippen LogP contribution >= 0.6 is 0 Å². The summed E-state index contributed by atoms with van der Waals surface area (Å²) in [4.78, 5) is 24.8. The average Bonchev–Trinajstić information content (AvgIpc) is 2.85. The molecular formula is C14H23NO5. The van der Waals surface area contributed by atoms with Gasteiger partial charge in [0.05, 0.1) is 19.8 Å². The Balaban J connectivity index is 2.67. The summed E-state index contributed by atoms with van der Waals surface area (Å²) >= 11 is 0. The van der Waals surface area contributed by atoms with Crippen LogP contribution in [0.4, 0.5) is 4.79 Å². The second-order valence-electron chi connectivity index (χ2n) is 5.58. The van der Waals surface area contributed by atoms with E-state index in [1.807, 2.05) is 20.8 Å². The van der Waals surface area contributed by atoms with Crippen LogP contribution in [-0.2, 0) is 19.0 Å². The number of carbonyl (C=O) groups is 2. The molecule has 1 aliphatic rings. The zero-order valence-corrected chi connectivity index (χ0v) is 12.5. The Morgan fingerprint density at radius 2 is 2.10 bits per heavy atom. The van der Waals surface area contributed by atoms with Crippen molar-refractivity contribution in [1.29, 1.82) is 0 Å². The summed E-state index contributed by atoms with van der Waals surface area (Å²) in [5.41, 5.74) is -0.555. The van der Waals surface area contributed by atoms with Gasteiger partial charge in [-0.25, -0.2) is 9.59 Å². The minimum absolute atomic E-state index is 0.0212. The van der Waals surface area contributed by atoms with Crippen molar-refractivity contribution in [2.24, 2.45) is 0 Å². The van der Waals surface area contributed by atoms with Crippen LogP contribution in [0, 0.1) is 0 Å². The minimum atomic E-state index is -0.555. The van der Waals surface area contributed by atoms with E-state index < -0.39 is 17.7 Å². The molecule has 0 aromatic carbocycles. The van der Waals surface area contributed by atoms with Gasteiger partial charge in [0.15, 0.2) is 0 Å². The van der Waals surface area contributed by atoms with Gasteiger partial charge in [-0.15, -0.1) is 0 Å². The van der Waals surface area contributed by atoms with Gasteiger partial charge in [-0.2, -0.15) is 0 Å². The van der Waals surface area contributed by atoms with Crippen molar-refractivity contribution in [2.75, 3.05) is 26.9 Å². The molecule has 1 atom stereocenters. The first kappa shape index (κ1) is 16.5. The molecule has 0 aromatic heterocycles. The monoisotopic (exact) mass is 285 g/mol. The van der Waals surface area contributed by atoms with Gasteiger partial charge in [-0.1, -0.05) is 6.08 Å². The number of methoxy groups -OCH3 is 1. The Morgan fingerprint density at radius 1 is 1.40 bits per heavy atom. The highest BCUT2D eigenvalue weighted by molar-refractivity contribution is 5.81. The van der Waals surface area contributed by atoms with Crippen LogP contribution in [0.15, 0.2) is 12.2 Å². The fourth-order valence-corrected chi connectivity index (χ4v) is 1.79. The van der Waals surface area contributed by atoms with Crippen LogP contribution in [0.2, 0.25) is 0 Å². The molecule has 0 N–H and O–H groups in total. The van der Waals surface area contributed by atoms with Crippen LogP contribution in [0.1, 0.15) is 27.2 Å². The Bertz CT molecular complexity index is 366. The Hall–Kier alpha value is -1.56. The van der Waals surface area contributed by atoms with Crippen LogP contribution in [-0.4, -0.2) is 55.5 Å². The molecule has 1 fully saturated rings. The molecule has 1 aliphatic heterocycles. The Morgan fingerprint density at radius 3 is 2.60 bits per heavy atom. The van der Waals surface area contributed by atoms with Crippen LogP contribution in [0.25, 0.3) is 0 Å². The lowest BCUT2D eigenvalue weighted by atomic mass is 10.2. The van der Waals surface area contributed by atoms with Gasteiger partial charge in [0.1, 0.15) is 5.60 Å². The summed E-state index contributed by atoms with van der Waals surface area (Å²) in [6.45, 7) is 6.86. The third-order valence-electron chi connectivity index (χ3n) is 2.73. The van der Waals surface area contributed by atoms with Crippen molar-refractivity contribution in [2.45, 2.75) is 38.8 Å². The fraction of sp³-hybridized carbons (Fsp3) is 0.714. The zero-order valence-electron chi connectivity index (χ0n) is 12.5. The third kappa shape index (κ3) is 5.61. The van der Waals surface area contributed by atoms with E-state index in [4.69, 9.17) is 9.47 Å². The molecule has 0 radical (unpaired) electrons. The Labute approximate surface area is 119 Å². The molecule has 0 unspecified atom stereocenters. The van der Waals surface area contributed by atoms with E-state index >= 15 is 0 Å². The molecule has 0 saturated carbocycles. The first-order valence-corrected chi connectivity index (χ1v) is 6.65. The third-order valence-corrected chi connectivity index (χ3v) is 2.73. The molecule has 1 heterocycles. The number of hydrogen-bond donors (Lipinski definition) is 0. The molecular weight excluding hydrogens is 262 g/mol. The highest BCUT2D eigenvalue weighted by Gasteiger charge is 2.30. The smallest absolute Gasteiger partial charge is 0.410 e. The molecule has 0 bridgehead atoms. The molecule has 20 heavy (non-hydrogen) atoms. The minimum Gasteiger partial charge on any atom is -0.466 e. The second kappa shape index (κ2) is 7.28. The van der Waals surface area contributed by atoms with Crippen molar-refractivity contribution >= 4 is 12.1 Å². The number of esters is 1. The molecule has 114 valence electrons. The maximum atomic E-state index is 12.2. The van der Waals surface area contributed by atoms with Gasteiger partial charge in [-0.05, 0) is 27.2 Å². The molecule has 6 nitrogen and oxygen atoms in total. The van der Waals surface area contributed by atoms with Crippen LogP contribution < -0.4 is 0 Å². The lowest BCUT2D eigenvalue weighted by molar-refractivity contribution is -0.134. The molecule has 1 saturated heterocycles. The van der Waals surface area contributed by atoms with Gasteiger partial charge < -0.3 is 14.2 Å². The summed E-state index contributed by atoms with van der Waals surface area (Å²) in [7, 11) is 1.31. The predicted molar refractivity (Wildman–Crippen MR) is 73.3 cm³/mol. The van der Waals surface area contributed by atoms with E-state index in [-0.39, 0.29) is 12.6 Å². The number of hydrogen-bond acceptors (Lipinski definition) is 5. The number of carbonyl (C=O) groups excluding carboxylic acids is 2. The molecule has 1 rings (SSSR count). The van der Waals surface area contributed by atoms with Crippen molar-refractivity contribution in [3.63, 3.8) is 0 Å². The van der Waals surface area contributed by atoms with E-state index in [0.717, 1.165) is 6.42 Å². The summed E-state index contributed by atoms with van der Waals surface area (Å²) in [6.07, 6.45) is 3.26. The second-order valence-corrected chi connectivity index (χ2v) is 5.58. The number of nitrogens with zero attached hydrogens (tertiary/aromatic N) is 1. The number of ether oxygens (including phenoxy) is 3. The highest BCUT2D eigenvalue weighted by atomic mass is 16.6. The first-order chi connectivity index (χ1) is 9.33. The normalized spacial score (nSPS) is 19.1. The summed E-state index contributed by atoms with van der Waals surface area (Å²) < 4.78 is 15.2. The lowest BCUT2D eigenvalue weighted by Gasteiger charge is -2.30. The van der Waals surface area contributed by atoms with Gasteiger partial charge in [-0.3, -0.25) is 4.90 Å². The summed E-state index contributed by atoms with van der Waals surface area (Å²) in [5.74, 6) is -0.447. The first-order valence-electron chi connectivity index (χ1n) is 6.65. The Kier molecular flexibility index (Phi) is 6.01. The van der Waals surface area contributed by atoms with Gasteiger partial charge in [0.25, 0.3) is 0 Å². The highest BCUT2D eigenvalue weighted by Crippen LogP contribution is 2.17.